The Hall–Kier alpha value is -0.880. The number of rotatable bonds is 5. The monoisotopic (exact) mass is 341 g/mol. The maximum absolute atomic E-state index is 12.4. The van der Waals surface area contributed by atoms with Crippen molar-refractivity contribution in [3.63, 3.8) is 0 Å². The maximum Gasteiger partial charge on any atom is 0.257 e. The van der Waals surface area contributed by atoms with E-state index in [4.69, 9.17) is 11.6 Å². The second-order valence-electron chi connectivity index (χ2n) is 3.49. The van der Waals surface area contributed by atoms with Crippen LogP contribution in [0.4, 0.5) is 8.78 Å². The zero-order valence-electron chi connectivity index (χ0n) is 9.25. The third-order valence-corrected chi connectivity index (χ3v) is 2.78. The highest BCUT2D eigenvalue weighted by Gasteiger charge is 2.21. The van der Waals surface area contributed by atoms with Gasteiger partial charge in [0.05, 0.1) is 12.1 Å². The molecule has 1 aromatic rings. The maximum atomic E-state index is 12.4. The van der Waals surface area contributed by atoms with Crippen LogP contribution >= 0.6 is 27.5 Å². The molecule has 0 aliphatic heterocycles. The molecule has 100 valence electrons. The van der Waals surface area contributed by atoms with Gasteiger partial charge in [0.2, 0.25) is 0 Å². The number of phenolic OH excluding ortho intramolecular Hbond substituents is 1. The molecule has 0 saturated carbocycles. The lowest BCUT2D eigenvalue weighted by atomic mass is 10.1. The third kappa shape index (κ3) is 4.10. The van der Waals surface area contributed by atoms with Crippen molar-refractivity contribution in [1.29, 1.82) is 0 Å². The first-order chi connectivity index (χ1) is 8.45. The van der Waals surface area contributed by atoms with Gasteiger partial charge in [-0.05, 0) is 18.2 Å². The Morgan fingerprint density at radius 1 is 1.50 bits per heavy atom. The molecule has 0 saturated heterocycles. The molecule has 1 rings (SSSR count). The fourth-order valence-corrected chi connectivity index (χ4v) is 1.99. The smallest absolute Gasteiger partial charge is 0.257 e. The molecule has 18 heavy (non-hydrogen) atoms. The Labute approximate surface area is 116 Å². The quantitative estimate of drug-likeness (QED) is 0.835. The number of amides is 1. The normalized spacial score (nSPS) is 10.7. The van der Waals surface area contributed by atoms with E-state index in [2.05, 4.69) is 15.9 Å². The van der Waals surface area contributed by atoms with Crippen molar-refractivity contribution in [2.24, 2.45) is 0 Å². The van der Waals surface area contributed by atoms with Crippen LogP contribution in [0, 0.1) is 0 Å². The second-order valence-corrected chi connectivity index (χ2v) is 4.72. The van der Waals surface area contributed by atoms with E-state index in [0.717, 1.165) is 4.90 Å². The number of carbonyl (C=O) groups is 1. The molecular formula is C11H11BrClF2NO2. The molecule has 0 fully saturated rings. The van der Waals surface area contributed by atoms with Gasteiger partial charge in [-0.25, -0.2) is 8.78 Å². The number of hydrogen-bond donors (Lipinski definition) is 1. The average Bonchev–Trinajstić information content (AvgIpc) is 2.30. The van der Waals surface area contributed by atoms with E-state index in [-0.39, 0.29) is 22.9 Å². The second kappa shape index (κ2) is 6.89. The predicted molar refractivity (Wildman–Crippen MR) is 68.8 cm³/mol. The molecule has 0 aliphatic rings. The summed E-state index contributed by atoms with van der Waals surface area (Å²) in [7, 11) is 0. The molecule has 0 atom stereocenters. The summed E-state index contributed by atoms with van der Waals surface area (Å²) in [4.78, 5) is 13.0. The topological polar surface area (TPSA) is 40.5 Å². The highest BCUT2D eigenvalue weighted by atomic mass is 79.9. The number of halogens is 4. The van der Waals surface area contributed by atoms with Crippen molar-refractivity contribution in [2.45, 2.75) is 6.43 Å². The van der Waals surface area contributed by atoms with E-state index < -0.39 is 18.9 Å². The summed E-state index contributed by atoms with van der Waals surface area (Å²) >= 11 is 8.80. The number of phenols is 1. The molecule has 0 aromatic heterocycles. The minimum Gasteiger partial charge on any atom is -0.507 e. The SMILES string of the molecule is O=C(c1cc(Cl)ccc1O)N(CCBr)CC(F)F. The average molecular weight is 343 g/mol. The van der Waals surface area contributed by atoms with Gasteiger partial charge in [0.1, 0.15) is 5.75 Å². The van der Waals surface area contributed by atoms with Gasteiger partial charge >= 0.3 is 0 Å². The van der Waals surface area contributed by atoms with Crippen LogP contribution in [-0.2, 0) is 0 Å². The lowest BCUT2D eigenvalue weighted by molar-refractivity contribution is 0.0570. The number of hydrogen-bond acceptors (Lipinski definition) is 2. The molecule has 0 bridgehead atoms. The van der Waals surface area contributed by atoms with E-state index in [9.17, 15) is 18.7 Å². The number of benzene rings is 1. The van der Waals surface area contributed by atoms with Crippen molar-refractivity contribution in [1.82, 2.24) is 4.90 Å². The largest absolute Gasteiger partial charge is 0.507 e. The highest BCUT2D eigenvalue weighted by molar-refractivity contribution is 9.09. The summed E-state index contributed by atoms with van der Waals surface area (Å²) in [6.45, 7) is -0.564. The Kier molecular flexibility index (Phi) is 5.81. The first-order valence-corrected chi connectivity index (χ1v) is 6.57. The van der Waals surface area contributed by atoms with Crippen LogP contribution in [0.1, 0.15) is 10.4 Å². The summed E-state index contributed by atoms with van der Waals surface area (Å²) in [6.07, 6.45) is -2.63. The first-order valence-electron chi connectivity index (χ1n) is 5.07. The van der Waals surface area contributed by atoms with Crippen LogP contribution in [0.5, 0.6) is 5.75 Å². The molecule has 1 amide bonds. The van der Waals surface area contributed by atoms with E-state index in [0.29, 0.717) is 5.33 Å². The minimum absolute atomic E-state index is 0.0795. The molecule has 0 aliphatic carbocycles. The van der Waals surface area contributed by atoms with Crippen LogP contribution in [-0.4, -0.2) is 40.8 Å². The number of alkyl halides is 3. The molecule has 1 N–H and O–H groups in total. The zero-order valence-corrected chi connectivity index (χ0v) is 11.6. The summed E-state index contributed by atoms with van der Waals surface area (Å²) in [5.74, 6) is -0.951. The van der Waals surface area contributed by atoms with Crippen molar-refractivity contribution in [2.75, 3.05) is 18.4 Å². The fraction of sp³-hybridized carbons (Fsp3) is 0.364. The highest BCUT2D eigenvalue weighted by Crippen LogP contribution is 2.23. The van der Waals surface area contributed by atoms with E-state index in [1.54, 1.807) is 0 Å². The van der Waals surface area contributed by atoms with E-state index in [1.165, 1.54) is 18.2 Å². The molecule has 0 radical (unpaired) electrons. The molecule has 0 heterocycles. The third-order valence-electron chi connectivity index (χ3n) is 2.19. The summed E-state index contributed by atoms with van der Waals surface area (Å²) in [6, 6.07) is 3.92. The molecule has 0 unspecified atom stereocenters. The van der Waals surface area contributed by atoms with E-state index >= 15 is 0 Å². The lowest BCUT2D eigenvalue weighted by Gasteiger charge is -2.21. The predicted octanol–water partition coefficient (Wildman–Crippen LogP) is 3.15. The van der Waals surface area contributed by atoms with Gasteiger partial charge in [-0.1, -0.05) is 27.5 Å². The fourth-order valence-electron chi connectivity index (χ4n) is 1.39. The van der Waals surface area contributed by atoms with Crippen LogP contribution in [0.3, 0.4) is 0 Å². The number of nitrogens with zero attached hydrogens (tertiary/aromatic N) is 1. The van der Waals surface area contributed by atoms with Gasteiger partial charge in [0.15, 0.2) is 0 Å². The van der Waals surface area contributed by atoms with Crippen LogP contribution < -0.4 is 0 Å². The minimum atomic E-state index is -2.63. The van der Waals surface area contributed by atoms with Crippen molar-refractivity contribution in [3.05, 3.63) is 28.8 Å². The van der Waals surface area contributed by atoms with Crippen LogP contribution in [0.25, 0.3) is 0 Å². The number of carbonyl (C=O) groups excluding carboxylic acids is 1. The molecule has 0 spiro atoms. The standard InChI is InChI=1S/C11H11BrClF2NO2/c12-3-4-16(6-10(14)15)11(18)8-5-7(13)1-2-9(8)17/h1-2,5,10,17H,3-4,6H2. The summed E-state index contributed by atoms with van der Waals surface area (Å²) in [5.41, 5.74) is -0.0795. The zero-order chi connectivity index (χ0) is 13.7. The van der Waals surface area contributed by atoms with Gasteiger partial charge in [-0.15, -0.1) is 0 Å². The molecule has 1 aromatic carbocycles. The summed E-state index contributed by atoms with van der Waals surface area (Å²) in [5, 5.41) is 10.2. The van der Waals surface area contributed by atoms with Crippen molar-refractivity contribution < 1.29 is 18.7 Å². The first kappa shape index (κ1) is 15.2. The van der Waals surface area contributed by atoms with Crippen LogP contribution in [0.15, 0.2) is 18.2 Å². The Morgan fingerprint density at radius 3 is 2.72 bits per heavy atom. The van der Waals surface area contributed by atoms with Gasteiger partial charge in [-0.3, -0.25) is 4.79 Å². The summed E-state index contributed by atoms with van der Waals surface area (Å²) < 4.78 is 24.7. The van der Waals surface area contributed by atoms with Gasteiger partial charge < -0.3 is 10.0 Å². The van der Waals surface area contributed by atoms with Gasteiger partial charge in [0, 0.05) is 16.9 Å². The van der Waals surface area contributed by atoms with Crippen LogP contribution in [0.2, 0.25) is 5.02 Å². The van der Waals surface area contributed by atoms with Gasteiger partial charge in [0.25, 0.3) is 12.3 Å². The molecule has 3 nitrogen and oxygen atoms in total. The Morgan fingerprint density at radius 2 is 2.17 bits per heavy atom. The molecular weight excluding hydrogens is 331 g/mol. The number of aromatic hydroxyl groups is 1. The Balaban J connectivity index is 2.97. The Bertz CT molecular complexity index is 432. The lowest BCUT2D eigenvalue weighted by Crippen LogP contribution is -2.36. The van der Waals surface area contributed by atoms with Crippen molar-refractivity contribution >= 4 is 33.4 Å². The van der Waals surface area contributed by atoms with E-state index in [1.807, 2.05) is 0 Å². The van der Waals surface area contributed by atoms with Crippen molar-refractivity contribution in [3.8, 4) is 5.75 Å². The molecule has 7 heteroatoms. The van der Waals surface area contributed by atoms with Gasteiger partial charge in [-0.2, -0.15) is 0 Å².